The van der Waals surface area contributed by atoms with Gasteiger partial charge in [-0.3, -0.25) is 0 Å². The van der Waals surface area contributed by atoms with E-state index in [1.165, 1.54) is 5.56 Å². The summed E-state index contributed by atoms with van der Waals surface area (Å²) in [7, 11) is 0. The van der Waals surface area contributed by atoms with E-state index in [1.54, 1.807) is 4.90 Å². The fourth-order valence-corrected chi connectivity index (χ4v) is 2.28. The van der Waals surface area contributed by atoms with Gasteiger partial charge < -0.3 is 20.1 Å². The third-order valence-electron chi connectivity index (χ3n) is 3.48. The number of aryl methyl sites for hydroxylation is 1. The molecule has 1 aliphatic rings. The average molecular weight is 278 g/mol. The van der Waals surface area contributed by atoms with E-state index in [0.29, 0.717) is 19.7 Å². The molecule has 2 amide bonds. The molecule has 2 rings (SSSR count). The zero-order valence-electron chi connectivity index (χ0n) is 11.8. The quantitative estimate of drug-likeness (QED) is 0.885. The highest BCUT2D eigenvalue weighted by Gasteiger charge is 2.23. The van der Waals surface area contributed by atoms with Crippen molar-refractivity contribution in [1.82, 2.24) is 4.90 Å². The number of piperidine rings is 1. The SMILES string of the molecule is Cc1ccc(NC(=O)N2CCC(OCCO)CC2)cc1. The summed E-state index contributed by atoms with van der Waals surface area (Å²) in [5.41, 5.74) is 1.99. The van der Waals surface area contributed by atoms with Gasteiger partial charge in [0.1, 0.15) is 0 Å². The Morgan fingerprint density at radius 2 is 2.00 bits per heavy atom. The van der Waals surface area contributed by atoms with Crippen LogP contribution in [0.25, 0.3) is 0 Å². The van der Waals surface area contributed by atoms with E-state index in [2.05, 4.69) is 5.32 Å². The predicted molar refractivity (Wildman–Crippen MR) is 77.8 cm³/mol. The maximum Gasteiger partial charge on any atom is 0.321 e. The first-order chi connectivity index (χ1) is 9.69. The van der Waals surface area contributed by atoms with E-state index < -0.39 is 0 Å². The van der Waals surface area contributed by atoms with Crippen molar-refractivity contribution in [2.24, 2.45) is 0 Å². The molecule has 1 heterocycles. The summed E-state index contributed by atoms with van der Waals surface area (Å²) >= 11 is 0. The minimum absolute atomic E-state index is 0.0497. The lowest BCUT2D eigenvalue weighted by molar-refractivity contribution is -0.000876. The molecule has 0 aliphatic carbocycles. The second kappa shape index (κ2) is 7.26. The molecule has 0 unspecified atom stereocenters. The number of urea groups is 1. The Labute approximate surface area is 119 Å². The van der Waals surface area contributed by atoms with E-state index in [1.807, 2.05) is 31.2 Å². The Kier molecular flexibility index (Phi) is 5.38. The number of benzene rings is 1. The van der Waals surface area contributed by atoms with Gasteiger partial charge in [0.15, 0.2) is 0 Å². The smallest absolute Gasteiger partial charge is 0.321 e. The Morgan fingerprint density at radius 3 is 2.60 bits per heavy atom. The van der Waals surface area contributed by atoms with Crippen LogP contribution in [0.4, 0.5) is 10.5 Å². The fraction of sp³-hybridized carbons (Fsp3) is 0.533. The molecular formula is C15H22N2O3. The van der Waals surface area contributed by atoms with Crippen LogP contribution in [-0.2, 0) is 4.74 Å². The predicted octanol–water partition coefficient (Wildman–Crippen LogP) is 2.00. The summed E-state index contributed by atoms with van der Waals surface area (Å²) < 4.78 is 5.48. The standard InChI is InChI=1S/C15H22N2O3/c1-12-2-4-13(5-3-12)16-15(19)17-8-6-14(7-9-17)20-11-10-18/h2-5,14,18H,6-11H2,1H3,(H,16,19). The van der Waals surface area contributed by atoms with Crippen LogP contribution < -0.4 is 5.32 Å². The van der Waals surface area contributed by atoms with Gasteiger partial charge in [-0.05, 0) is 31.9 Å². The number of carbonyl (C=O) groups is 1. The van der Waals surface area contributed by atoms with Crippen LogP contribution in [0.3, 0.4) is 0 Å². The first kappa shape index (κ1) is 14.8. The largest absolute Gasteiger partial charge is 0.394 e. The molecule has 0 radical (unpaired) electrons. The molecule has 1 aliphatic heterocycles. The summed E-state index contributed by atoms with van der Waals surface area (Å²) in [4.78, 5) is 13.9. The minimum Gasteiger partial charge on any atom is -0.394 e. The molecule has 1 aromatic carbocycles. The summed E-state index contributed by atoms with van der Waals surface area (Å²) in [6.45, 7) is 3.82. The number of nitrogens with zero attached hydrogens (tertiary/aromatic N) is 1. The number of likely N-dealkylation sites (tertiary alicyclic amines) is 1. The van der Waals surface area contributed by atoms with E-state index in [4.69, 9.17) is 9.84 Å². The lowest BCUT2D eigenvalue weighted by Gasteiger charge is -2.31. The maximum atomic E-state index is 12.1. The number of anilines is 1. The van der Waals surface area contributed by atoms with E-state index >= 15 is 0 Å². The molecule has 1 saturated heterocycles. The van der Waals surface area contributed by atoms with Crippen molar-refractivity contribution in [3.8, 4) is 0 Å². The van der Waals surface area contributed by atoms with Gasteiger partial charge >= 0.3 is 6.03 Å². The first-order valence-electron chi connectivity index (χ1n) is 7.04. The van der Waals surface area contributed by atoms with Gasteiger partial charge in [0.05, 0.1) is 19.3 Å². The van der Waals surface area contributed by atoms with E-state index in [9.17, 15) is 4.79 Å². The number of amides is 2. The molecule has 0 spiro atoms. The van der Waals surface area contributed by atoms with Crippen molar-refractivity contribution in [3.05, 3.63) is 29.8 Å². The normalized spacial score (nSPS) is 16.2. The number of rotatable bonds is 4. The van der Waals surface area contributed by atoms with Crippen molar-refractivity contribution < 1.29 is 14.6 Å². The molecule has 0 saturated carbocycles. The summed E-state index contributed by atoms with van der Waals surface area (Å²) in [5.74, 6) is 0. The third-order valence-corrected chi connectivity index (χ3v) is 3.48. The first-order valence-corrected chi connectivity index (χ1v) is 7.04. The van der Waals surface area contributed by atoms with Gasteiger partial charge in [0.25, 0.3) is 0 Å². The number of hydrogen-bond acceptors (Lipinski definition) is 3. The molecule has 5 nitrogen and oxygen atoms in total. The average Bonchev–Trinajstić information content (AvgIpc) is 2.48. The van der Waals surface area contributed by atoms with Crippen LogP contribution in [0.1, 0.15) is 18.4 Å². The summed E-state index contributed by atoms with van der Waals surface area (Å²) in [5, 5.41) is 11.6. The minimum atomic E-state index is -0.0607. The second-order valence-corrected chi connectivity index (χ2v) is 5.08. The molecule has 0 bridgehead atoms. The zero-order valence-corrected chi connectivity index (χ0v) is 11.8. The summed E-state index contributed by atoms with van der Waals surface area (Å²) in [6.07, 6.45) is 1.80. The lowest BCUT2D eigenvalue weighted by atomic mass is 10.1. The molecule has 5 heteroatoms. The number of nitrogens with one attached hydrogen (secondary N) is 1. The molecular weight excluding hydrogens is 256 g/mol. The topological polar surface area (TPSA) is 61.8 Å². The highest BCUT2D eigenvalue weighted by molar-refractivity contribution is 5.89. The van der Waals surface area contributed by atoms with Crippen LogP contribution in [0.2, 0.25) is 0 Å². The molecule has 0 aromatic heterocycles. The molecule has 20 heavy (non-hydrogen) atoms. The molecule has 2 N–H and O–H groups in total. The number of aliphatic hydroxyl groups is 1. The van der Waals surface area contributed by atoms with Gasteiger partial charge in [0, 0.05) is 18.8 Å². The Balaban J connectivity index is 1.78. The highest BCUT2D eigenvalue weighted by atomic mass is 16.5. The van der Waals surface area contributed by atoms with Crippen molar-refractivity contribution in [2.75, 3.05) is 31.6 Å². The Bertz CT molecular complexity index is 425. The monoisotopic (exact) mass is 278 g/mol. The van der Waals surface area contributed by atoms with Crippen LogP contribution in [-0.4, -0.2) is 48.4 Å². The van der Waals surface area contributed by atoms with Crippen molar-refractivity contribution in [3.63, 3.8) is 0 Å². The fourth-order valence-electron chi connectivity index (χ4n) is 2.28. The van der Waals surface area contributed by atoms with Crippen LogP contribution in [0.5, 0.6) is 0 Å². The number of hydrogen-bond donors (Lipinski definition) is 2. The number of carbonyl (C=O) groups excluding carboxylic acids is 1. The van der Waals surface area contributed by atoms with Crippen molar-refractivity contribution in [1.29, 1.82) is 0 Å². The Hall–Kier alpha value is -1.59. The van der Waals surface area contributed by atoms with Crippen LogP contribution in [0, 0.1) is 6.92 Å². The lowest BCUT2D eigenvalue weighted by Crippen LogP contribution is -2.43. The van der Waals surface area contributed by atoms with Crippen molar-refractivity contribution in [2.45, 2.75) is 25.9 Å². The van der Waals surface area contributed by atoms with Gasteiger partial charge in [-0.25, -0.2) is 4.79 Å². The third kappa shape index (κ3) is 4.21. The number of aliphatic hydroxyl groups excluding tert-OH is 1. The maximum absolute atomic E-state index is 12.1. The zero-order chi connectivity index (χ0) is 14.4. The van der Waals surface area contributed by atoms with E-state index in [-0.39, 0.29) is 18.7 Å². The highest BCUT2D eigenvalue weighted by Crippen LogP contribution is 2.15. The van der Waals surface area contributed by atoms with Gasteiger partial charge in [-0.15, -0.1) is 0 Å². The molecule has 110 valence electrons. The summed E-state index contributed by atoms with van der Waals surface area (Å²) in [6, 6.07) is 7.71. The van der Waals surface area contributed by atoms with Crippen LogP contribution in [0.15, 0.2) is 24.3 Å². The Morgan fingerprint density at radius 1 is 1.35 bits per heavy atom. The van der Waals surface area contributed by atoms with Crippen LogP contribution >= 0.6 is 0 Å². The molecule has 1 fully saturated rings. The molecule has 0 atom stereocenters. The number of ether oxygens (including phenoxy) is 1. The second-order valence-electron chi connectivity index (χ2n) is 5.08. The van der Waals surface area contributed by atoms with Gasteiger partial charge in [0.2, 0.25) is 0 Å². The van der Waals surface area contributed by atoms with Gasteiger partial charge in [-0.2, -0.15) is 0 Å². The van der Waals surface area contributed by atoms with Gasteiger partial charge in [-0.1, -0.05) is 17.7 Å². The van der Waals surface area contributed by atoms with E-state index in [0.717, 1.165) is 18.5 Å². The van der Waals surface area contributed by atoms with Crippen molar-refractivity contribution >= 4 is 11.7 Å². The molecule has 1 aromatic rings.